The van der Waals surface area contributed by atoms with E-state index in [-0.39, 0.29) is 12.1 Å². The molecule has 10 rings (SSSR count). The van der Waals surface area contributed by atoms with Crippen LogP contribution in [-0.2, 0) is 0 Å². The fraction of sp³-hybridized carbons (Fsp3) is 0.0952. The van der Waals surface area contributed by atoms with Gasteiger partial charge in [0.1, 0.15) is 5.82 Å². The fourth-order valence-corrected chi connectivity index (χ4v) is 7.92. The van der Waals surface area contributed by atoms with Crippen LogP contribution in [0.1, 0.15) is 18.4 Å². The van der Waals surface area contributed by atoms with Crippen molar-refractivity contribution in [1.29, 1.82) is 0 Å². The highest BCUT2D eigenvalue weighted by Crippen LogP contribution is 2.43. The SMILES string of the molecule is C1=CCCC(n2c3ccccc3c3cc4c5c6ccccc6ccc5n(C5=C(c6ccccc6)NC6C=CC=CC6N5)c4cc32)=C1. The quantitative estimate of drug-likeness (QED) is 0.214. The summed E-state index contributed by atoms with van der Waals surface area (Å²) < 4.78 is 4.98. The molecule has 7 aromatic rings. The zero-order valence-corrected chi connectivity index (χ0v) is 25.3. The standard InChI is InChI=1S/C42H32N4/c1-3-14-28(15-4-1)41-42(44-35-21-11-10-20-34(35)43-41)46-37-24-23-27-13-7-8-18-30(27)40(37)33-25-32-31-19-9-12-22-36(31)45(38(32)26-39(33)46)29-16-5-2-6-17-29/h1-5,7-16,18-26,34-35,43-44H,6,17H2. The third-order valence-corrected chi connectivity index (χ3v) is 10.00. The number of nitrogens with zero attached hydrogens (tertiary/aromatic N) is 2. The van der Waals surface area contributed by atoms with Crippen LogP contribution in [0.4, 0.5) is 0 Å². The number of hydrogen-bond acceptors (Lipinski definition) is 2. The van der Waals surface area contributed by atoms with E-state index in [1.165, 1.54) is 60.1 Å². The summed E-state index contributed by atoms with van der Waals surface area (Å²) in [6.07, 6.45) is 17.6. The van der Waals surface area contributed by atoms with Crippen molar-refractivity contribution in [1.82, 2.24) is 19.8 Å². The van der Waals surface area contributed by atoms with Gasteiger partial charge in [-0.3, -0.25) is 4.57 Å². The Labute approximate surface area is 266 Å². The molecular formula is C42H32N4. The van der Waals surface area contributed by atoms with Crippen LogP contribution in [-0.4, -0.2) is 21.2 Å². The summed E-state index contributed by atoms with van der Waals surface area (Å²) in [7, 11) is 0. The Bertz CT molecular complexity index is 2530. The molecule has 2 N–H and O–H groups in total. The molecule has 5 aromatic carbocycles. The first-order chi connectivity index (χ1) is 22.8. The number of aromatic nitrogens is 2. The van der Waals surface area contributed by atoms with Gasteiger partial charge < -0.3 is 15.2 Å². The van der Waals surface area contributed by atoms with Crippen molar-refractivity contribution < 1.29 is 0 Å². The molecule has 0 saturated carbocycles. The zero-order valence-electron chi connectivity index (χ0n) is 25.3. The van der Waals surface area contributed by atoms with Crippen molar-refractivity contribution in [2.24, 2.45) is 0 Å². The minimum absolute atomic E-state index is 0.134. The van der Waals surface area contributed by atoms with Crippen LogP contribution in [0.2, 0.25) is 0 Å². The predicted octanol–water partition coefficient (Wildman–Crippen LogP) is 9.59. The van der Waals surface area contributed by atoms with Crippen molar-refractivity contribution in [3.8, 4) is 0 Å². The first-order valence-corrected chi connectivity index (χ1v) is 16.3. The lowest BCUT2D eigenvalue weighted by molar-refractivity contribution is 0.544. The summed E-state index contributed by atoms with van der Waals surface area (Å²) in [6, 6.07) is 38.2. The van der Waals surface area contributed by atoms with Crippen LogP contribution in [0.5, 0.6) is 0 Å². The van der Waals surface area contributed by atoms with Crippen molar-refractivity contribution in [3.05, 3.63) is 151 Å². The average Bonchev–Trinajstić information content (AvgIpc) is 3.63. The van der Waals surface area contributed by atoms with Gasteiger partial charge in [0.2, 0.25) is 0 Å². The van der Waals surface area contributed by atoms with Crippen LogP contribution < -0.4 is 10.6 Å². The van der Waals surface area contributed by atoms with E-state index in [9.17, 15) is 0 Å². The van der Waals surface area contributed by atoms with Crippen molar-refractivity contribution >= 4 is 71.6 Å². The number of rotatable bonds is 3. The summed E-state index contributed by atoms with van der Waals surface area (Å²) in [4.78, 5) is 0. The monoisotopic (exact) mass is 592 g/mol. The van der Waals surface area contributed by atoms with Crippen molar-refractivity contribution in [2.75, 3.05) is 0 Å². The molecule has 3 heterocycles. The van der Waals surface area contributed by atoms with E-state index >= 15 is 0 Å². The maximum Gasteiger partial charge on any atom is 0.136 e. The summed E-state index contributed by atoms with van der Waals surface area (Å²) in [5, 5.41) is 15.6. The minimum atomic E-state index is 0.134. The number of nitrogens with one attached hydrogen (secondary N) is 2. The van der Waals surface area contributed by atoms with Gasteiger partial charge in [-0.05, 0) is 54.0 Å². The fourth-order valence-electron chi connectivity index (χ4n) is 7.92. The Balaban J connectivity index is 1.38. The summed E-state index contributed by atoms with van der Waals surface area (Å²) >= 11 is 0. The van der Waals surface area contributed by atoms with E-state index in [4.69, 9.17) is 0 Å². The predicted molar refractivity (Wildman–Crippen MR) is 194 cm³/mol. The van der Waals surface area contributed by atoms with Crippen LogP contribution >= 0.6 is 0 Å². The zero-order chi connectivity index (χ0) is 30.2. The normalized spacial score (nSPS) is 19.3. The molecule has 220 valence electrons. The van der Waals surface area contributed by atoms with Gasteiger partial charge in [-0.15, -0.1) is 0 Å². The Hall–Kier alpha value is -5.74. The number of allylic oxidation sites excluding steroid dienone is 6. The molecule has 0 spiro atoms. The van der Waals surface area contributed by atoms with E-state index < -0.39 is 0 Å². The molecule has 0 bridgehead atoms. The van der Waals surface area contributed by atoms with E-state index in [1.54, 1.807) is 0 Å². The second-order valence-corrected chi connectivity index (χ2v) is 12.6. The van der Waals surface area contributed by atoms with E-state index in [0.29, 0.717) is 0 Å². The van der Waals surface area contributed by atoms with Crippen molar-refractivity contribution in [3.63, 3.8) is 0 Å². The summed E-state index contributed by atoms with van der Waals surface area (Å²) in [6.45, 7) is 0. The van der Waals surface area contributed by atoms with E-state index in [0.717, 1.165) is 29.9 Å². The topological polar surface area (TPSA) is 33.9 Å². The van der Waals surface area contributed by atoms with Gasteiger partial charge in [-0.1, -0.05) is 115 Å². The summed E-state index contributed by atoms with van der Waals surface area (Å²) in [5.41, 5.74) is 8.50. The number of para-hydroxylation sites is 1. The largest absolute Gasteiger partial charge is 0.373 e. The van der Waals surface area contributed by atoms with Gasteiger partial charge in [0.25, 0.3) is 0 Å². The highest BCUT2D eigenvalue weighted by Gasteiger charge is 2.31. The summed E-state index contributed by atoms with van der Waals surface area (Å²) in [5.74, 6) is 1.07. The van der Waals surface area contributed by atoms with Gasteiger partial charge >= 0.3 is 0 Å². The lowest BCUT2D eigenvalue weighted by Gasteiger charge is -2.37. The first-order valence-electron chi connectivity index (χ1n) is 16.3. The number of fused-ring (bicyclic) bond motifs is 9. The Morgan fingerprint density at radius 3 is 2.17 bits per heavy atom. The van der Waals surface area contributed by atoms with Gasteiger partial charge in [0, 0.05) is 32.8 Å². The molecule has 0 saturated heterocycles. The highest BCUT2D eigenvalue weighted by atomic mass is 15.2. The average molecular weight is 593 g/mol. The van der Waals surface area contributed by atoms with Gasteiger partial charge in [0.05, 0.1) is 39.8 Å². The minimum Gasteiger partial charge on any atom is -0.373 e. The van der Waals surface area contributed by atoms with Gasteiger partial charge in [-0.25, -0.2) is 0 Å². The molecule has 4 nitrogen and oxygen atoms in total. The van der Waals surface area contributed by atoms with Crippen LogP contribution in [0.15, 0.2) is 146 Å². The Kier molecular flexibility index (Phi) is 5.49. The lowest BCUT2D eigenvalue weighted by Crippen LogP contribution is -2.51. The van der Waals surface area contributed by atoms with Crippen LogP contribution in [0.3, 0.4) is 0 Å². The molecular weight excluding hydrogens is 560 g/mol. The molecule has 46 heavy (non-hydrogen) atoms. The second-order valence-electron chi connectivity index (χ2n) is 12.6. The molecule has 2 unspecified atom stereocenters. The molecule has 1 aliphatic heterocycles. The molecule has 0 amide bonds. The first kappa shape index (κ1) is 25.6. The Morgan fingerprint density at radius 2 is 1.33 bits per heavy atom. The molecule has 3 aliphatic rings. The van der Waals surface area contributed by atoms with E-state index in [1.807, 2.05) is 0 Å². The van der Waals surface area contributed by atoms with Crippen LogP contribution in [0, 0.1) is 0 Å². The van der Waals surface area contributed by atoms with E-state index in [2.05, 4.69) is 165 Å². The smallest absolute Gasteiger partial charge is 0.136 e. The maximum absolute atomic E-state index is 4.01. The van der Waals surface area contributed by atoms with Gasteiger partial charge in [-0.2, -0.15) is 0 Å². The van der Waals surface area contributed by atoms with Crippen LogP contribution in [0.25, 0.3) is 71.6 Å². The molecule has 2 aliphatic carbocycles. The third-order valence-electron chi connectivity index (χ3n) is 10.00. The van der Waals surface area contributed by atoms with Gasteiger partial charge in [0.15, 0.2) is 0 Å². The lowest BCUT2D eigenvalue weighted by atomic mass is 9.98. The molecule has 2 atom stereocenters. The number of hydrogen-bond donors (Lipinski definition) is 2. The molecule has 0 fully saturated rings. The molecule has 4 heteroatoms. The highest BCUT2D eigenvalue weighted by molar-refractivity contribution is 6.26. The molecule has 2 aromatic heterocycles. The van der Waals surface area contributed by atoms with Crippen molar-refractivity contribution in [2.45, 2.75) is 24.9 Å². The molecule has 0 radical (unpaired) electrons. The third kappa shape index (κ3) is 3.67. The second kappa shape index (κ2) is 9.88. The Morgan fingerprint density at radius 1 is 0.565 bits per heavy atom. The number of benzene rings is 5. The maximum atomic E-state index is 4.01.